The predicted octanol–water partition coefficient (Wildman–Crippen LogP) is 10.9. The summed E-state index contributed by atoms with van der Waals surface area (Å²) in [5.41, 5.74) is 9.73. The minimum absolute atomic E-state index is 0.0206. The molecule has 0 bridgehead atoms. The van der Waals surface area contributed by atoms with Gasteiger partial charge in [-0.2, -0.15) is 0 Å². The molecule has 0 amide bonds. The molecule has 1 heteroatoms. The second-order valence-electron chi connectivity index (χ2n) is 16.3. The van der Waals surface area contributed by atoms with Crippen LogP contribution < -0.4 is 0 Å². The third-order valence-corrected chi connectivity index (χ3v) is 14.0. The smallest absolute Gasteiger partial charge is 0.0597 e. The highest BCUT2D eigenvalue weighted by Gasteiger charge is 2.67. The van der Waals surface area contributed by atoms with Crippen LogP contribution >= 0.6 is 0 Å². The molecular formula is C39H58O. The molecule has 0 saturated heterocycles. The van der Waals surface area contributed by atoms with Gasteiger partial charge in [0.2, 0.25) is 0 Å². The maximum Gasteiger partial charge on any atom is 0.0597 e. The Bertz CT molecular complexity index is 1220. The number of aryl methyl sites for hydroxylation is 1. The van der Waals surface area contributed by atoms with Crippen LogP contribution in [0, 0.1) is 45.8 Å². The molecule has 4 aliphatic rings. The van der Waals surface area contributed by atoms with Crippen LogP contribution in [0.25, 0.3) is 6.08 Å². The molecule has 220 valence electrons. The molecule has 4 aliphatic carbocycles. The van der Waals surface area contributed by atoms with E-state index < -0.39 is 0 Å². The van der Waals surface area contributed by atoms with E-state index in [1.807, 2.05) is 0 Å². The molecule has 7 unspecified atom stereocenters. The van der Waals surface area contributed by atoms with Crippen LogP contribution in [0.1, 0.15) is 131 Å². The fourth-order valence-corrected chi connectivity index (χ4v) is 10.5. The van der Waals surface area contributed by atoms with Crippen molar-refractivity contribution in [1.82, 2.24) is 0 Å². The van der Waals surface area contributed by atoms with Crippen LogP contribution in [0.2, 0.25) is 0 Å². The molecule has 0 heterocycles. The topological polar surface area (TPSA) is 20.2 Å². The first-order chi connectivity index (χ1) is 18.6. The Morgan fingerprint density at radius 1 is 0.950 bits per heavy atom. The number of aliphatic hydroxyl groups excluding tert-OH is 1. The number of allylic oxidation sites excluding steroid dienone is 5. The van der Waals surface area contributed by atoms with Crippen molar-refractivity contribution in [3.63, 3.8) is 0 Å². The van der Waals surface area contributed by atoms with Crippen LogP contribution in [-0.4, -0.2) is 11.2 Å². The number of aliphatic hydroxyl groups is 1. The van der Waals surface area contributed by atoms with E-state index in [4.69, 9.17) is 0 Å². The van der Waals surface area contributed by atoms with E-state index in [1.165, 1.54) is 55.2 Å². The molecule has 0 radical (unpaired) electrons. The second-order valence-corrected chi connectivity index (χ2v) is 16.3. The number of hydrogen-bond donors (Lipinski definition) is 1. The Labute approximate surface area is 246 Å². The SMILES string of the molecule is CC(C)=CCCC(C)C1CCC2(C)C3=C(CCC12C)C1(C)CCC(O)C(C)(C)C1(C)CC3=Cc1ccc(C)cc1. The summed E-state index contributed by atoms with van der Waals surface area (Å²) < 4.78 is 0. The van der Waals surface area contributed by atoms with E-state index in [1.54, 1.807) is 16.7 Å². The van der Waals surface area contributed by atoms with Crippen molar-refractivity contribution < 1.29 is 5.11 Å². The molecule has 5 rings (SSSR count). The number of hydrogen-bond acceptors (Lipinski definition) is 1. The van der Waals surface area contributed by atoms with Crippen LogP contribution in [0.15, 0.2) is 52.6 Å². The van der Waals surface area contributed by atoms with Gasteiger partial charge in [-0.15, -0.1) is 0 Å². The zero-order valence-corrected chi connectivity index (χ0v) is 27.5. The zero-order chi connectivity index (χ0) is 29.3. The van der Waals surface area contributed by atoms with Gasteiger partial charge in [-0.3, -0.25) is 0 Å². The summed E-state index contributed by atoms with van der Waals surface area (Å²) >= 11 is 0. The van der Waals surface area contributed by atoms with Gasteiger partial charge in [-0.1, -0.05) is 102 Å². The molecule has 0 aliphatic heterocycles. The van der Waals surface area contributed by atoms with Gasteiger partial charge in [0.1, 0.15) is 0 Å². The maximum absolute atomic E-state index is 11.4. The summed E-state index contributed by atoms with van der Waals surface area (Å²) in [6.45, 7) is 24.4. The average Bonchev–Trinajstić information content (AvgIpc) is 3.16. The van der Waals surface area contributed by atoms with E-state index >= 15 is 0 Å². The van der Waals surface area contributed by atoms with Gasteiger partial charge in [-0.05, 0) is 134 Å². The van der Waals surface area contributed by atoms with Crippen molar-refractivity contribution in [3.05, 3.63) is 63.8 Å². The van der Waals surface area contributed by atoms with Crippen LogP contribution in [0.4, 0.5) is 0 Å². The van der Waals surface area contributed by atoms with Crippen molar-refractivity contribution in [3.8, 4) is 0 Å². The summed E-state index contributed by atoms with van der Waals surface area (Å²) in [7, 11) is 0. The van der Waals surface area contributed by atoms with E-state index in [-0.39, 0.29) is 27.8 Å². The molecule has 1 N–H and O–H groups in total. The second kappa shape index (κ2) is 10.00. The van der Waals surface area contributed by atoms with Crippen molar-refractivity contribution >= 4 is 6.08 Å². The largest absolute Gasteiger partial charge is 0.393 e. The Hall–Kier alpha value is -1.60. The predicted molar refractivity (Wildman–Crippen MR) is 172 cm³/mol. The lowest BCUT2D eigenvalue weighted by Gasteiger charge is -2.67. The van der Waals surface area contributed by atoms with Crippen LogP contribution in [0.5, 0.6) is 0 Å². The van der Waals surface area contributed by atoms with Crippen LogP contribution in [0.3, 0.4) is 0 Å². The molecule has 0 spiro atoms. The van der Waals surface area contributed by atoms with Gasteiger partial charge in [0.15, 0.2) is 0 Å². The third kappa shape index (κ3) is 4.19. The van der Waals surface area contributed by atoms with Gasteiger partial charge in [0, 0.05) is 0 Å². The monoisotopic (exact) mass is 542 g/mol. The summed E-state index contributed by atoms with van der Waals surface area (Å²) in [4.78, 5) is 0. The summed E-state index contributed by atoms with van der Waals surface area (Å²) in [6.07, 6.45) is 15.6. The van der Waals surface area contributed by atoms with Crippen molar-refractivity contribution in [2.45, 2.75) is 133 Å². The van der Waals surface area contributed by atoms with E-state index in [2.05, 4.69) is 106 Å². The first-order valence-corrected chi connectivity index (χ1v) is 16.4. The lowest BCUT2D eigenvalue weighted by molar-refractivity contribution is -0.151. The normalized spacial score (nSPS) is 40.3. The maximum atomic E-state index is 11.4. The lowest BCUT2D eigenvalue weighted by atomic mass is 9.37. The molecule has 7 atom stereocenters. The quantitative estimate of drug-likeness (QED) is 0.367. The molecular weight excluding hydrogens is 484 g/mol. The molecule has 40 heavy (non-hydrogen) atoms. The highest BCUT2D eigenvalue weighted by atomic mass is 16.3. The molecule has 1 aromatic rings. The summed E-state index contributed by atoms with van der Waals surface area (Å²) in [5.74, 6) is 1.53. The highest BCUT2D eigenvalue weighted by molar-refractivity contribution is 5.65. The van der Waals surface area contributed by atoms with Crippen molar-refractivity contribution in [2.75, 3.05) is 0 Å². The Morgan fingerprint density at radius 2 is 1.60 bits per heavy atom. The molecule has 1 nitrogen and oxygen atoms in total. The highest BCUT2D eigenvalue weighted by Crippen LogP contribution is 2.76. The van der Waals surface area contributed by atoms with E-state index in [0.717, 1.165) is 31.1 Å². The Morgan fingerprint density at radius 3 is 2.25 bits per heavy atom. The minimum atomic E-state index is -0.240. The summed E-state index contributed by atoms with van der Waals surface area (Å²) in [5, 5.41) is 11.4. The van der Waals surface area contributed by atoms with Crippen molar-refractivity contribution in [1.29, 1.82) is 0 Å². The minimum Gasteiger partial charge on any atom is -0.393 e. The van der Waals surface area contributed by atoms with Gasteiger partial charge in [0.05, 0.1) is 6.10 Å². The first-order valence-electron chi connectivity index (χ1n) is 16.4. The lowest BCUT2D eigenvalue weighted by Crippen LogP contribution is -2.61. The van der Waals surface area contributed by atoms with Gasteiger partial charge < -0.3 is 5.11 Å². The Balaban J connectivity index is 1.66. The van der Waals surface area contributed by atoms with E-state index in [9.17, 15) is 5.11 Å². The molecule has 2 fully saturated rings. The summed E-state index contributed by atoms with van der Waals surface area (Å²) in [6, 6.07) is 9.15. The van der Waals surface area contributed by atoms with Gasteiger partial charge in [0.25, 0.3) is 0 Å². The van der Waals surface area contributed by atoms with E-state index in [0.29, 0.717) is 5.41 Å². The average molecular weight is 543 g/mol. The zero-order valence-electron chi connectivity index (χ0n) is 27.5. The number of benzene rings is 1. The van der Waals surface area contributed by atoms with Gasteiger partial charge >= 0.3 is 0 Å². The van der Waals surface area contributed by atoms with Crippen LogP contribution in [-0.2, 0) is 0 Å². The van der Waals surface area contributed by atoms with Crippen molar-refractivity contribution in [2.24, 2.45) is 38.9 Å². The molecule has 1 aromatic carbocycles. The molecule has 0 aromatic heterocycles. The fourth-order valence-electron chi connectivity index (χ4n) is 10.5. The fraction of sp³-hybridized carbons (Fsp3) is 0.692. The standard InChI is InChI=1S/C39H58O/c1-26(2)12-11-13-28(4)31-18-22-38(9)34-30(24-29-16-14-27(3)15-17-29)25-39(10)35(5,6)33(40)20-23-37(39,8)32(34)19-21-36(31,38)7/h12,14-17,24,28,31,33,40H,11,13,18-23,25H2,1-10H3. The number of rotatable bonds is 5. The van der Waals surface area contributed by atoms with Gasteiger partial charge in [-0.25, -0.2) is 0 Å². The molecule has 2 saturated carbocycles. The Kier molecular flexibility index (Phi) is 7.47. The first kappa shape index (κ1) is 29.9. The number of fused-ring (bicyclic) bond motifs is 4. The third-order valence-electron chi connectivity index (χ3n) is 14.0.